The molecule has 0 unspecified atom stereocenters. The highest BCUT2D eigenvalue weighted by molar-refractivity contribution is 6.02. The molecule has 8 nitrogen and oxygen atoms in total. The van der Waals surface area contributed by atoms with Gasteiger partial charge in [-0.1, -0.05) is 32.3 Å². The SMILES string of the molecule is C[C@@H]1CN([C@H](C)CO)C(=O)c2cccc(NC(=O)C3CCNCC3)c2O[C@H]1CN(C)CC1CCCCC1. The number of benzene rings is 1. The molecule has 37 heavy (non-hydrogen) atoms. The number of carbonyl (C=O) groups excluding carboxylic acids is 2. The summed E-state index contributed by atoms with van der Waals surface area (Å²) < 4.78 is 6.68. The lowest BCUT2D eigenvalue weighted by Gasteiger charge is -2.39. The molecule has 0 spiro atoms. The summed E-state index contributed by atoms with van der Waals surface area (Å²) in [4.78, 5) is 30.9. The molecule has 4 rings (SSSR count). The second-order valence-corrected chi connectivity index (χ2v) is 11.5. The van der Waals surface area contributed by atoms with Gasteiger partial charge in [-0.25, -0.2) is 0 Å². The van der Waals surface area contributed by atoms with E-state index in [1.54, 1.807) is 17.0 Å². The number of aliphatic hydroxyl groups excluding tert-OH is 1. The minimum atomic E-state index is -0.311. The zero-order valence-electron chi connectivity index (χ0n) is 22.9. The lowest BCUT2D eigenvalue weighted by Crippen LogP contribution is -2.50. The number of rotatable bonds is 8. The maximum Gasteiger partial charge on any atom is 0.258 e. The molecule has 3 aliphatic rings. The fourth-order valence-corrected chi connectivity index (χ4v) is 6.07. The molecule has 206 valence electrons. The fraction of sp³-hybridized carbons (Fsp3) is 0.724. The summed E-state index contributed by atoms with van der Waals surface area (Å²) in [6.45, 7) is 7.85. The van der Waals surface area contributed by atoms with Gasteiger partial charge in [-0.3, -0.25) is 9.59 Å². The molecule has 1 aromatic rings. The Morgan fingerprint density at radius 3 is 2.62 bits per heavy atom. The van der Waals surface area contributed by atoms with Gasteiger partial charge in [0.25, 0.3) is 5.91 Å². The molecule has 1 saturated carbocycles. The van der Waals surface area contributed by atoms with E-state index in [2.05, 4.69) is 29.5 Å². The van der Waals surface area contributed by atoms with Crippen LogP contribution in [0.1, 0.15) is 69.2 Å². The minimum Gasteiger partial charge on any atom is -0.486 e. The van der Waals surface area contributed by atoms with Crippen LogP contribution in [0, 0.1) is 17.8 Å². The van der Waals surface area contributed by atoms with Crippen molar-refractivity contribution in [3.05, 3.63) is 23.8 Å². The number of anilines is 1. The monoisotopic (exact) mass is 514 g/mol. The molecule has 8 heteroatoms. The number of hydrogen-bond donors (Lipinski definition) is 3. The summed E-state index contributed by atoms with van der Waals surface area (Å²) in [6, 6.07) is 5.09. The van der Waals surface area contributed by atoms with Crippen LogP contribution in [0.3, 0.4) is 0 Å². The molecule has 0 radical (unpaired) electrons. The first-order chi connectivity index (χ1) is 17.9. The summed E-state index contributed by atoms with van der Waals surface area (Å²) in [7, 11) is 2.16. The molecule has 2 amide bonds. The van der Waals surface area contributed by atoms with E-state index in [0.717, 1.165) is 44.9 Å². The molecule has 2 aliphatic heterocycles. The standard InChI is InChI=1S/C29H46N4O4/c1-20-16-33(21(2)19-34)29(36)24-10-7-11-25(31-28(35)23-12-14-30-15-13-23)27(24)37-26(20)18-32(3)17-22-8-5-4-6-9-22/h7,10-11,20-23,26,30,34H,4-6,8-9,12-19H2,1-3H3,(H,31,35)/t20-,21-,26+/m1/s1. The Morgan fingerprint density at radius 2 is 1.92 bits per heavy atom. The minimum absolute atomic E-state index is 0.0207. The zero-order valence-corrected chi connectivity index (χ0v) is 22.9. The second-order valence-electron chi connectivity index (χ2n) is 11.5. The first-order valence-electron chi connectivity index (χ1n) is 14.3. The number of ether oxygens (including phenoxy) is 1. The highest BCUT2D eigenvalue weighted by Gasteiger charge is 2.35. The molecule has 1 aliphatic carbocycles. The van der Waals surface area contributed by atoms with Gasteiger partial charge in [-0.2, -0.15) is 0 Å². The van der Waals surface area contributed by atoms with Crippen molar-refractivity contribution in [2.45, 2.75) is 70.9 Å². The van der Waals surface area contributed by atoms with Crippen LogP contribution in [0.25, 0.3) is 0 Å². The number of nitrogens with one attached hydrogen (secondary N) is 2. The van der Waals surface area contributed by atoms with Gasteiger partial charge in [0.2, 0.25) is 5.91 Å². The van der Waals surface area contributed by atoms with E-state index in [0.29, 0.717) is 23.5 Å². The van der Waals surface area contributed by atoms with Crippen molar-refractivity contribution in [3.63, 3.8) is 0 Å². The van der Waals surface area contributed by atoms with Crippen LogP contribution in [0.4, 0.5) is 5.69 Å². The Labute approximate surface area is 222 Å². The number of amides is 2. The number of nitrogens with zero attached hydrogens (tertiary/aromatic N) is 2. The van der Waals surface area contributed by atoms with Crippen LogP contribution in [0.5, 0.6) is 5.75 Å². The smallest absolute Gasteiger partial charge is 0.258 e. The van der Waals surface area contributed by atoms with Crippen LogP contribution in [0.15, 0.2) is 18.2 Å². The third-order valence-electron chi connectivity index (χ3n) is 8.45. The van der Waals surface area contributed by atoms with E-state index in [-0.39, 0.29) is 42.4 Å². The predicted molar refractivity (Wildman–Crippen MR) is 146 cm³/mol. The Kier molecular flexibility index (Phi) is 9.84. The lowest BCUT2D eigenvalue weighted by atomic mass is 9.89. The maximum absolute atomic E-state index is 13.7. The third kappa shape index (κ3) is 7.03. The Hall–Kier alpha value is -2.16. The molecule has 0 bridgehead atoms. The van der Waals surface area contributed by atoms with Gasteiger partial charge in [-0.05, 0) is 70.8 Å². The molecule has 2 heterocycles. The van der Waals surface area contributed by atoms with Crippen LogP contribution in [-0.2, 0) is 4.79 Å². The van der Waals surface area contributed by atoms with E-state index in [9.17, 15) is 14.7 Å². The number of likely N-dealkylation sites (N-methyl/N-ethyl adjacent to an activating group) is 1. The van der Waals surface area contributed by atoms with Gasteiger partial charge in [0, 0.05) is 31.5 Å². The average molecular weight is 515 g/mol. The van der Waals surface area contributed by atoms with Crippen molar-refractivity contribution in [2.75, 3.05) is 51.7 Å². The molecular weight excluding hydrogens is 468 g/mol. The first-order valence-corrected chi connectivity index (χ1v) is 14.3. The van der Waals surface area contributed by atoms with Crippen LogP contribution < -0.4 is 15.4 Å². The number of hydrogen-bond acceptors (Lipinski definition) is 6. The number of aliphatic hydroxyl groups is 1. The van der Waals surface area contributed by atoms with E-state index < -0.39 is 0 Å². The van der Waals surface area contributed by atoms with E-state index >= 15 is 0 Å². The van der Waals surface area contributed by atoms with Gasteiger partial charge in [0.15, 0.2) is 5.75 Å². The topological polar surface area (TPSA) is 94.1 Å². The highest BCUT2D eigenvalue weighted by Crippen LogP contribution is 2.35. The van der Waals surface area contributed by atoms with Crippen molar-refractivity contribution in [1.82, 2.24) is 15.1 Å². The third-order valence-corrected chi connectivity index (χ3v) is 8.45. The number of carbonyl (C=O) groups is 2. The Bertz CT molecular complexity index is 913. The van der Waals surface area contributed by atoms with E-state index in [1.165, 1.54) is 32.1 Å². The van der Waals surface area contributed by atoms with Crippen molar-refractivity contribution >= 4 is 17.5 Å². The zero-order chi connectivity index (χ0) is 26.4. The maximum atomic E-state index is 13.7. The molecule has 3 atom stereocenters. The largest absolute Gasteiger partial charge is 0.486 e. The van der Waals surface area contributed by atoms with Gasteiger partial charge in [-0.15, -0.1) is 0 Å². The lowest BCUT2D eigenvalue weighted by molar-refractivity contribution is -0.120. The van der Waals surface area contributed by atoms with E-state index in [4.69, 9.17) is 4.74 Å². The summed E-state index contributed by atoms with van der Waals surface area (Å²) in [5.74, 6) is 0.981. The number of piperidine rings is 1. The number of para-hydroxylation sites is 1. The molecule has 1 saturated heterocycles. The molecule has 2 fully saturated rings. The quantitative estimate of drug-likeness (QED) is 0.493. The fourth-order valence-electron chi connectivity index (χ4n) is 6.07. The summed E-state index contributed by atoms with van der Waals surface area (Å²) in [5, 5.41) is 16.3. The van der Waals surface area contributed by atoms with Gasteiger partial charge < -0.3 is 30.3 Å². The predicted octanol–water partition coefficient (Wildman–Crippen LogP) is 3.36. The van der Waals surface area contributed by atoms with Crippen LogP contribution >= 0.6 is 0 Å². The Morgan fingerprint density at radius 1 is 1.19 bits per heavy atom. The van der Waals surface area contributed by atoms with Crippen molar-refractivity contribution < 1.29 is 19.4 Å². The molecule has 0 aromatic heterocycles. The van der Waals surface area contributed by atoms with Crippen molar-refractivity contribution in [2.24, 2.45) is 17.8 Å². The van der Waals surface area contributed by atoms with Gasteiger partial charge in [0.05, 0.1) is 23.9 Å². The highest BCUT2D eigenvalue weighted by atomic mass is 16.5. The summed E-state index contributed by atoms with van der Waals surface area (Å²) in [6.07, 6.45) is 8.00. The average Bonchev–Trinajstić information content (AvgIpc) is 2.91. The Balaban J connectivity index is 1.60. The van der Waals surface area contributed by atoms with Crippen molar-refractivity contribution in [3.8, 4) is 5.75 Å². The molecule has 1 aromatic carbocycles. The van der Waals surface area contributed by atoms with E-state index in [1.807, 2.05) is 13.0 Å². The van der Waals surface area contributed by atoms with Gasteiger partial charge >= 0.3 is 0 Å². The van der Waals surface area contributed by atoms with Crippen LogP contribution in [0.2, 0.25) is 0 Å². The second kappa shape index (κ2) is 13.1. The molecular formula is C29H46N4O4. The van der Waals surface area contributed by atoms with Gasteiger partial charge in [0.1, 0.15) is 6.10 Å². The summed E-state index contributed by atoms with van der Waals surface area (Å²) in [5.41, 5.74) is 0.996. The summed E-state index contributed by atoms with van der Waals surface area (Å²) >= 11 is 0. The van der Waals surface area contributed by atoms with Crippen molar-refractivity contribution in [1.29, 1.82) is 0 Å². The van der Waals surface area contributed by atoms with Crippen LogP contribution in [-0.4, -0.2) is 85.2 Å². The first kappa shape index (κ1) is 27.9. The molecule has 3 N–H and O–H groups in total. The number of fused-ring (bicyclic) bond motifs is 1. The normalized spacial score (nSPS) is 24.7.